The molecule has 0 bridgehead atoms. The molecule has 1 aromatic carbocycles. The number of hydrogen-bond donors (Lipinski definition) is 2. The van der Waals surface area contributed by atoms with Gasteiger partial charge in [-0.2, -0.15) is 0 Å². The molecule has 0 saturated carbocycles. The summed E-state index contributed by atoms with van der Waals surface area (Å²) in [5, 5.41) is 12.7. The quantitative estimate of drug-likeness (QED) is 0.691. The third-order valence-electron chi connectivity index (χ3n) is 2.16. The van der Waals surface area contributed by atoms with Crippen LogP contribution < -0.4 is 0 Å². The molecule has 1 aromatic heterocycles. The van der Waals surface area contributed by atoms with Crippen molar-refractivity contribution in [1.82, 2.24) is 0 Å². The zero-order chi connectivity index (χ0) is 9.42. The molecule has 1 heterocycles. The monoisotopic (exact) mass is 210 g/mol. The number of aryl methyl sites for hydroxylation is 1. The molecular weight excluding hydrogens is 200 g/mol. The van der Waals surface area contributed by atoms with E-state index < -0.39 is 0 Å². The second-order valence-electron chi connectivity index (χ2n) is 2.91. The summed E-state index contributed by atoms with van der Waals surface area (Å²) >= 11 is 6.04. The van der Waals surface area contributed by atoms with Gasteiger partial charge in [0.25, 0.3) is 0 Å². The fourth-order valence-electron chi connectivity index (χ4n) is 1.53. The number of fused-ring (bicyclic) bond motifs is 1. The second kappa shape index (κ2) is 3.24. The van der Waals surface area contributed by atoms with E-state index in [0.29, 0.717) is 5.75 Å². The Morgan fingerprint density at radius 2 is 2.23 bits per heavy atom. The zero-order valence-corrected chi connectivity index (χ0v) is 8.95. The second-order valence-corrected chi connectivity index (χ2v) is 4.30. The van der Waals surface area contributed by atoms with E-state index in [-0.39, 0.29) is 0 Å². The molecule has 0 aliphatic carbocycles. The van der Waals surface area contributed by atoms with Crippen LogP contribution in [0.4, 0.5) is 0 Å². The van der Waals surface area contributed by atoms with Crippen molar-refractivity contribution < 1.29 is 5.11 Å². The number of phenolic OH excluding ortho intramolecular Hbond substituents is 1. The van der Waals surface area contributed by atoms with Crippen LogP contribution in [0.1, 0.15) is 12.5 Å². The van der Waals surface area contributed by atoms with Crippen LogP contribution in [0, 0.1) is 0 Å². The standard InChI is InChI=1S/C10H10OS2/c1-2-6-7(11)3-4-9-10(6)8(12)5-13-9/h3-5,11-12H,2H2,1H3. The maximum Gasteiger partial charge on any atom is 0.119 e. The highest BCUT2D eigenvalue weighted by molar-refractivity contribution is 7.80. The first-order chi connectivity index (χ1) is 6.24. The lowest BCUT2D eigenvalue weighted by molar-refractivity contribution is 0.470. The number of rotatable bonds is 1. The van der Waals surface area contributed by atoms with E-state index in [1.807, 2.05) is 18.4 Å². The van der Waals surface area contributed by atoms with Gasteiger partial charge in [0, 0.05) is 25.9 Å². The maximum atomic E-state index is 9.62. The molecule has 0 radical (unpaired) electrons. The molecule has 0 spiro atoms. The Kier molecular flexibility index (Phi) is 2.22. The van der Waals surface area contributed by atoms with E-state index in [1.165, 1.54) is 4.70 Å². The van der Waals surface area contributed by atoms with Gasteiger partial charge in [0.1, 0.15) is 5.75 Å². The van der Waals surface area contributed by atoms with E-state index in [1.54, 1.807) is 17.4 Å². The van der Waals surface area contributed by atoms with Crippen molar-refractivity contribution in [2.45, 2.75) is 18.2 Å². The zero-order valence-electron chi connectivity index (χ0n) is 7.24. The van der Waals surface area contributed by atoms with Crippen molar-refractivity contribution in [3.63, 3.8) is 0 Å². The summed E-state index contributed by atoms with van der Waals surface area (Å²) in [6.45, 7) is 2.04. The Labute approximate surface area is 86.4 Å². The van der Waals surface area contributed by atoms with Crippen molar-refractivity contribution in [2.75, 3.05) is 0 Å². The minimum Gasteiger partial charge on any atom is -0.508 e. The SMILES string of the molecule is CCc1c(O)ccc2scc(S)c12. The Bertz CT molecular complexity index is 445. The van der Waals surface area contributed by atoms with Gasteiger partial charge in [0.05, 0.1) is 0 Å². The normalized spacial score (nSPS) is 10.9. The van der Waals surface area contributed by atoms with Crippen molar-refractivity contribution in [1.29, 1.82) is 0 Å². The van der Waals surface area contributed by atoms with Gasteiger partial charge in [0.2, 0.25) is 0 Å². The topological polar surface area (TPSA) is 20.2 Å². The fourth-order valence-corrected chi connectivity index (χ4v) is 2.87. The molecule has 0 aliphatic rings. The molecule has 0 aliphatic heterocycles. The Morgan fingerprint density at radius 1 is 1.46 bits per heavy atom. The summed E-state index contributed by atoms with van der Waals surface area (Å²) < 4.78 is 1.19. The summed E-state index contributed by atoms with van der Waals surface area (Å²) in [7, 11) is 0. The molecular formula is C10H10OS2. The Morgan fingerprint density at radius 3 is 2.92 bits per heavy atom. The molecule has 2 rings (SSSR count). The highest BCUT2D eigenvalue weighted by Gasteiger charge is 2.08. The minimum absolute atomic E-state index is 0.378. The third kappa shape index (κ3) is 1.32. The number of phenols is 1. The van der Waals surface area contributed by atoms with Gasteiger partial charge in [-0.15, -0.1) is 24.0 Å². The maximum absolute atomic E-state index is 9.62. The van der Waals surface area contributed by atoms with Gasteiger partial charge in [0.15, 0.2) is 0 Å². The average Bonchev–Trinajstić information content (AvgIpc) is 2.49. The van der Waals surface area contributed by atoms with Gasteiger partial charge in [-0.3, -0.25) is 0 Å². The minimum atomic E-state index is 0.378. The van der Waals surface area contributed by atoms with Crippen LogP contribution in [-0.4, -0.2) is 5.11 Å². The van der Waals surface area contributed by atoms with Crippen LogP contribution >= 0.6 is 24.0 Å². The van der Waals surface area contributed by atoms with E-state index >= 15 is 0 Å². The highest BCUT2D eigenvalue weighted by atomic mass is 32.1. The average molecular weight is 210 g/mol. The van der Waals surface area contributed by atoms with E-state index in [2.05, 4.69) is 12.6 Å². The van der Waals surface area contributed by atoms with Crippen LogP contribution in [0.2, 0.25) is 0 Å². The number of thiophene rings is 1. The third-order valence-corrected chi connectivity index (χ3v) is 3.63. The van der Waals surface area contributed by atoms with Crippen molar-refractivity contribution in [2.24, 2.45) is 0 Å². The molecule has 1 N–H and O–H groups in total. The van der Waals surface area contributed by atoms with Crippen LogP contribution in [-0.2, 0) is 6.42 Å². The van der Waals surface area contributed by atoms with Crippen LogP contribution in [0.5, 0.6) is 5.75 Å². The number of benzene rings is 1. The molecule has 0 saturated heterocycles. The van der Waals surface area contributed by atoms with Gasteiger partial charge in [-0.05, 0) is 18.6 Å². The summed E-state index contributed by atoms with van der Waals surface area (Å²) in [4.78, 5) is 0.966. The lowest BCUT2D eigenvalue weighted by Crippen LogP contribution is -1.82. The van der Waals surface area contributed by atoms with Crippen molar-refractivity contribution in [3.8, 4) is 5.75 Å². The molecule has 3 heteroatoms. The summed E-state index contributed by atoms with van der Waals surface area (Å²) in [5.74, 6) is 0.378. The van der Waals surface area contributed by atoms with Crippen molar-refractivity contribution in [3.05, 3.63) is 23.1 Å². The number of thiol groups is 1. The first-order valence-electron chi connectivity index (χ1n) is 4.15. The summed E-state index contributed by atoms with van der Waals surface area (Å²) in [5.41, 5.74) is 1.00. The lowest BCUT2D eigenvalue weighted by Gasteiger charge is -2.03. The van der Waals surface area contributed by atoms with Crippen LogP contribution in [0.25, 0.3) is 10.1 Å². The molecule has 13 heavy (non-hydrogen) atoms. The molecule has 2 aromatic rings. The van der Waals surface area contributed by atoms with E-state index in [9.17, 15) is 5.11 Å². The van der Waals surface area contributed by atoms with Gasteiger partial charge in [-0.25, -0.2) is 0 Å². The van der Waals surface area contributed by atoms with Gasteiger partial charge in [-0.1, -0.05) is 6.92 Å². The predicted molar refractivity (Wildman–Crippen MR) is 60.1 cm³/mol. The molecule has 0 amide bonds. The van der Waals surface area contributed by atoms with Gasteiger partial charge >= 0.3 is 0 Å². The molecule has 1 nitrogen and oxygen atoms in total. The Balaban J connectivity index is 2.88. The first kappa shape index (κ1) is 8.91. The molecule has 0 atom stereocenters. The molecule has 68 valence electrons. The summed E-state index contributed by atoms with van der Waals surface area (Å²) in [6.07, 6.45) is 0.841. The highest BCUT2D eigenvalue weighted by Crippen LogP contribution is 2.35. The number of aromatic hydroxyl groups is 1. The van der Waals surface area contributed by atoms with Crippen molar-refractivity contribution >= 4 is 34.1 Å². The van der Waals surface area contributed by atoms with Gasteiger partial charge < -0.3 is 5.11 Å². The van der Waals surface area contributed by atoms with E-state index in [4.69, 9.17) is 0 Å². The molecule has 0 fully saturated rings. The Hall–Kier alpha value is -0.670. The lowest BCUT2D eigenvalue weighted by atomic mass is 10.1. The van der Waals surface area contributed by atoms with E-state index in [0.717, 1.165) is 22.3 Å². The van der Waals surface area contributed by atoms with Crippen LogP contribution in [0.3, 0.4) is 0 Å². The molecule has 0 unspecified atom stereocenters. The summed E-state index contributed by atoms with van der Waals surface area (Å²) in [6, 6.07) is 3.69. The largest absolute Gasteiger partial charge is 0.508 e. The predicted octanol–water partition coefficient (Wildman–Crippen LogP) is 3.46. The van der Waals surface area contributed by atoms with Crippen LogP contribution in [0.15, 0.2) is 22.4 Å². The number of hydrogen-bond acceptors (Lipinski definition) is 3. The first-order valence-corrected chi connectivity index (χ1v) is 5.47. The smallest absolute Gasteiger partial charge is 0.119 e. The fraction of sp³-hybridized carbons (Fsp3) is 0.200.